The van der Waals surface area contributed by atoms with Gasteiger partial charge in [-0.1, -0.05) is 19.1 Å². The van der Waals surface area contributed by atoms with Gasteiger partial charge in [-0.3, -0.25) is 5.10 Å². The fourth-order valence-electron chi connectivity index (χ4n) is 2.40. The second-order valence-electron chi connectivity index (χ2n) is 5.57. The first-order valence-corrected chi connectivity index (χ1v) is 9.04. The maximum absolute atomic E-state index is 11.5. The number of benzene rings is 1. The zero-order valence-electron chi connectivity index (χ0n) is 14.4. The molecule has 2 aromatic heterocycles. The van der Waals surface area contributed by atoms with Crippen LogP contribution in [0, 0.1) is 11.3 Å². The van der Waals surface area contributed by atoms with E-state index in [4.69, 9.17) is 4.42 Å². The summed E-state index contributed by atoms with van der Waals surface area (Å²) in [5, 5.41) is 27.7. The summed E-state index contributed by atoms with van der Waals surface area (Å²) in [5.74, 6) is 0.154. The van der Waals surface area contributed by atoms with Crippen molar-refractivity contribution in [3.8, 4) is 17.4 Å². The Kier molecular flexibility index (Phi) is 5.74. The van der Waals surface area contributed by atoms with Crippen molar-refractivity contribution < 1.29 is 14.3 Å². The number of carboxylic acids is 1. The second-order valence-corrected chi connectivity index (χ2v) is 6.58. The highest BCUT2D eigenvalue weighted by Crippen LogP contribution is 2.29. The number of H-pyrrole nitrogens is 1. The standard InChI is InChI=1S/C19H16N4O3S/c1-2-5-17-21-19(23-22-17)27-16(18(24)25)10-13-8-9-15(26-13)14-7-4-3-6-12(14)11-20/h3-4,6-10H,2,5H2,1H3,(H,24,25)(H,21,22,23)/p-1/b16-10+. The minimum absolute atomic E-state index is 0.0773. The Hall–Kier alpha value is -3.31. The summed E-state index contributed by atoms with van der Waals surface area (Å²) < 4.78 is 5.69. The average Bonchev–Trinajstić information content (AvgIpc) is 3.31. The van der Waals surface area contributed by atoms with Gasteiger partial charge < -0.3 is 14.3 Å². The number of hydrogen-bond acceptors (Lipinski definition) is 7. The molecular formula is C19H15N4O3S-. The van der Waals surface area contributed by atoms with Gasteiger partial charge in [0.1, 0.15) is 17.3 Å². The monoisotopic (exact) mass is 379 g/mol. The largest absolute Gasteiger partial charge is 0.544 e. The molecule has 3 rings (SSSR count). The van der Waals surface area contributed by atoms with Gasteiger partial charge in [0, 0.05) is 16.9 Å². The van der Waals surface area contributed by atoms with E-state index in [9.17, 15) is 15.2 Å². The SMILES string of the molecule is CCCc1nc(S/C(=C/c2ccc(-c3ccccc3C#N)o2)C(=O)[O-])n[nH]1. The minimum atomic E-state index is -1.35. The van der Waals surface area contributed by atoms with Crippen LogP contribution in [0.3, 0.4) is 0 Å². The predicted octanol–water partition coefficient (Wildman–Crippen LogP) is 2.77. The number of nitrogens with one attached hydrogen (secondary N) is 1. The molecule has 0 unspecified atom stereocenters. The number of aromatic amines is 1. The molecule has 27 heavy (non-hydrogen) atoms. The molecule has 2 heterocycles. The summed E-state index contributed by atoms with van der Waals surface area (Å²) >= 11 is 0.884. The van der Waals surface area contributed by atoms with Crippen LogP contribution in [0.5, 0.6) is 0 Å². The second kappa shape index (κ2) is 8.38. The smallest absolute Gasteiger partial charge is 0.213 e. The fraction of sp³-hybridized carbons (Fsp3) is 0.158. The van der Waals surface area contributed by atoms with Gasteiger partial charge in [0.15, 0.2) is 0 Å². The van der Waals surface area contributed by atoms with E-state index in [1.807, 2.05) is 6.92 Å². The molecule has 0 aliphatic heterocycles. The molecule has 0 saturated heterocycles. The summed E-state index contributed by atoms with van der Waals surface area (Å²) in [6.45, 7) is 2.01. The van der Waals surface area contributed by atoms with Crippen LogP contribution in [-0.2, 0) is 11.2 Å². The van der Waals surface area contributed by atoms with Crippen LogP contribution in [0.2, 0.25) is 0 Å². The van der Waals surface area contributed by atoms with Gasteiger partial charge in [-0.05, 0) is 48.5 Å². The molecule has 1 aromatic carbocycles. The Labute approximate surface area is 159 Å². The molecule has 1 N–H and O–H groups in total. The van der Waals surface area contributed by atoms with Crippen molar-refractivity contribution in [1.29, 1.82) is 5.26 Å². The number of carbonyl (C=O) groups is 1. The summed E-state index contributed by atoms with van der Waals surface area (Å²) in [5.41, 5.74) is 1.11. The maximum atomic E-state index is 11.5. The molecule has 0 aliphatic rings. The van der Waals surface area contributed by atoms with Gasteiger partial charge in [-0.25, -0.2) is 4.98 Å². The van der Waals surface area contributed by atoms with Crippen LogP contribution in [0.4, 0.5) is 0 Å². The number of aliphatic carboxylic acids is 1. The molecule has 8 heteroatoms. The number of nitriles is 1. The van der Waals surface area contributed by atoms with Crippen LogP contribution >= 0.6 is 11.8 Å². The highest BCUT2D eigenvalue weighted by molar-refractivity contribution is 8.04. The highest BCUT2D eigenvalue weighted by atomic mass is 32.2. The van der Waals surface area contributed by atoms with Gasteiger partial charge in [-0.15, -0.1) is 5.10 Å². The Bertz CT molecular complexity index is 1030. The third-order valence-corrected chi connectivity index (χ3v) is 4.48. The molecule has 0 saturated carbocycles. The number of carbonyl (C=O) groups excluding carboxylic acids is 1. The van der Waals surface area contributed by atoms with E-state index in [0.29, 0.717) is 33.6 Å². The molecule has 0 spiro atoms. The molecule has 0 radical (unpaired) electrons. The molecule has 0 bridgehead atoms. The van der Waals surface area contributed by atoms with Gasteiger partial charge in [0.05, 0.1) is 17.6 Å². The molecular weight excluding hydrogens is 364 g/mol. The summed E-state index contributed by atoms with van der Waals surface area (Å²) in [4.78, 5) is 15.6. The number of furan rings is 1. The summed E-state index contributed by atoms with van der Waals surface area (Å²) in [6.07, 6.45) is 2.99. The first-order valence-electron chi connectivity index (χ1n) is 8.22. The number of aromatic nitrogens is 3. The van der Waals surface area contributed by atoms with Crippen LogP contribution in [0.15, 0.2) is 50.9 Å². The third kappa shape index (κ3) is 4.46. The van der Waals surface area contributed by atoms with Gasteiger partial charge in [0.2, 0.25) is 5.16 Å². The van der Waals surface area contributed by atoms with Crippen molar-refractivity contribution in [1.82, 2.24) is 15.2 Å². The van der Waals surface area contributed by atoms with E-state index in [-0.39, 0.29) is 4.91 Å². The zero-order chi connectivity index (χ0) is 19.2. The van der Waals surface area contributed by atoms with Gasteiger partial charge >= 0.3 is 0 Å². The molecule has 136 valence electrons. The minimum Gasteiger partial charge on any atom is -0.544 e. The van der Waals surface area contributed by atoms with Crippen molar-refractivity contribution in [2.45, 2.75) is 24.9 Å². The van der Waals surface area contributed by atoms with E-state index in [2.05, 4.69) is 21.3 Å². The first-order chi connectivity index (χ1) is 13.1. The maximum Gasteiger partial charge on any atom is 0.213 e. The normalized spacial score (nSPS) is 11.3. The topological polar surface area (TPSA) is 119 Å². The van der Waals surface area contributed by atoms with E-state index < -0.39 is 5.97 Å². The van der Waals surface area contributed by atoms with Crippen LogP contribution in [0.1, 0.15) is 30.5 Å². The summed E-state index contributed by atoms with van der Waals surface area (Å²) in [7, 11) is 0. The number of aryl methyl sites for hydroxylation is 1. The van der Waals surface area contributed by atoms with Crippen molar-refractivity contribution >= 4 is 23.8 Å². The average molecular weight is 379 g/mol. The van der Waals surface area contributed by atoms with Crippen molar-refractivity contribution in [2.24, 2.45) is 0 Å². The lowest BCUT2D eigenvalue weighted by Gasteiger charge is -2.04. The van der Waals surface area contributed by atoms with Crippen LogP contribution < -0.4 is 5.11 Å². The van der Waals surface area contributed by atoms with Gasteiger partial charge in [0.25, 0.3) is 0 Å². The van der Waals surface area contributed by atoms with Crippen LogP contribution in [0.25, 0.3) is 17.4 Å². The lowest BCUT2D eigenvalue weighted by molar-refractivity contribution is -0.298. The van der Waals surface area contributed by atoms with E-state index in [0.717, 1.165) is 24.6 Å². The number of thioether (sulfide) groups is 1. The lowest BCUT2D eigenvalue weighted by atomic mass is 10.1. The van der Waals surface area contributed by atoms with Crippen LogP contribution in [-0.4, -0.2) is 21.2 Å². The van der Waals surface area contributed by atoms with E-state index in [1.54, 1.807) is 36.4 Å². The van der Waals surface area contributed by atoms with Gasteiger partial charge in [-0.2, -0.15) is 5.26 Å². The van der Waals surface area contributed by atoms with E-state index in [1.165, 1.54) is 6.08 Å². The fourth-order valence-corrected chi connectivity index (χ4v) is 3.10. The first kappa shape index (κ1) is 18.5. The molecule has 0 amide bonds. The van der Waals surface area contributed by atoms with Crippen molar-refractivity contribution in [2.75, 3.05) is 0 Å². The Morgan fingerprint density at radius 2 is 2.19 bits per heavy atom. The third-order valence-electron chi connectivity index (χ3n) is 3.61. The van der Waals surface area contributed by atoms with Crippen molar-refractivity contribution in [3.63, 3.8) is 0 Å². The molecule has 0 atom stereocenters. The lowest BCUT2D eigenvalue weighted by Crippen LogP contribution is -2.23. The Morgan fingerprint density at radius 3 is 2.93 bits per heavy atom. The number of rotatable bonds is 7. The molecule has 7 nitrogen and oxygen atoms in total. The molecule has 3 aromatic rings. The number of carboxylic acid groups (broad SMARTS) is 1. The quantitative estimate of drug-likeness (QED) is 0.495. The Morgan fingerprint density at radius 1 is 1.37 bits per heavy atom. The Balaban J connectivity index is 1.85. The summed E-state index contributed by atoms with van der Waals surface area (Å²) in [6, 6.07) is 12.4. The predicted molar refractivity (Wildman–Crippen MR) is 98.1 cm³/mol. The van der Waals surface area contributed by atoms with Crippen molar-refractivity contribution in [3.05, 3.63) is 58.5 Å². The number of nitrogens with zero attached hydrogens (tertiary/aromatic N) is 3. The zero-order valence-corrected chi connectivity index (χ0v) is 15.2. The molecule has 0 aliphatic carbocycles. The molecule has 0 fully saturated rings. The number of hydrogen-bond donors (Lipinski definition) is 1. The van der Waals surface area contributed by atoms with E-state index >= 15 is 0 Å². The highest BCUT2D eigenvalue weighted by Gasteiger charge is 2.12.